The molecule has 4 heteroatoms. The number of hydrogen-bond donors (Lipinski definition) is 1. The van der Waals surface area contributed by atoms with Crippen molar-refractivity contribution in [2.75, 3.05) is 0 Å². The molecule has 0 aliphatic rings. The largest absolute Gasteiger partial charge is 0.489 e. The molecule has 0 aliphatic carbocycles. The molecule has 0 saturated heterocycles. The summed E-state index contributed by atoms with van der Waals surface area (Å²) in [6.45, 7) is 10.7. The van der Waals surface area contributed by atoms with Crippen LogP contribution in [0.4, 0.5) is 0 Å². The molecule has 0 aromatic heterocycles. The van der Waals surface area contributed by atoms with Crippen LogP contribution in [-0.4, -0.2) is 11.6 Å². The van der Waals surface area contributed by atoms with E-state index in [1.54, 1.807) is 12.1 Å². The Morgan fingerprint density at radius 1 is 1.15 bits per heavy atom. The first-order valence-electron chi connectivity index (χ1n) is 9.06. The van der Waals surface area contributed by atoms with Gasteiger partial charge in [-0.25, -0.2) is 5.43 Å². The van der Waals surface area contributed by atoms with Crippen molar-refractivity contribution in [2.24, 2.45) is 5.10 Å². The summed E-state index contributed by atoms with van der Waals surface area (Å²) in [5.74, 6) is 1.13. The van der Waals surface area contributed by atoms with Crippen molar-refractivity contribution < 1.29 is 9.53 Å². The van der Waals surface area contributed by atoms with E-state index >= 15 is 0 Å². The number of hydrogen-bond acceptors (Lipinski definition) is 3. The van der Waals surface area contributed by atoms with Gasteiger partial charge in [0.2, 0.25) is 0 Å². The Kier molecular flexibility index (Phi) is 6.96. The Morgan fingerprint density at radius 2 is 1.85 bits per heavy atom. The normalized spacial score (nSPS) is 11.5. The minimum absolute atomic E-state index is 0.203. The van der Waals surface area contributed by atoms with E-state index in [0.29, 0.717) is 18.1 Å². The summed E-state index contributed by atoms with van der Waals surface area (Å²) in [5, 5.41) is 4.04. The molecule has 0 bridgehead atoms. The topological polar surface area (TPSA) is 50.7 Å². The maximum Gasteiger partial charge on any atom is 0.271 e. The number of benzene rings is 2. The lowest BCUT2D eigenvalue weighted by molar-refractivity contribution is 0.0954. The van der Waals surface area contributed by atoms with Crippen molar-refractivity contribution in [3.63, 3.8) is 0 Å². The fourth-order valence-corrected chi connectivity index (χ4v) is 2.45. The zero-order valence-electron chi connectivity index (χ0n) is 16.3. The number of hydrazone groups is 1. The van der Waals surface area contributed by atoms with Crippen molar-refractivity contribution in [1.82, 2.24) is 5.43 Å². The SMILES string of the molecule is CCC(C)=NNC(=O)c1ccc(COc2cc(C)ccc2C(C)C)cc1. The minimum atomic E-state index is -0.203. The van der Waals surface area contributed by atoms with Gasteiger partial charge in [-0.05, 0) is 61.1 Å². The summed E-state index contributed by atoms with van der Waals surface area (Å²) in [6, 6.07) is 13.7. The molecule has 1 amide bonds. The highest BCUT2D eigenvalue weighted by Gasteiger charge is 2.09. The Balaban J connectivity index is 2.02. The van der Waals surface area contributed by atoms with Gasteiger partial charge in [-0.1, -0.05) is 45.0 Å². The third kappa shape index (κ3) is 5.45. The maximum absolute atomic E-state index is 12.1. The molecular weight excluding hydrogens is 324 g/mol. The highest BCUT2D eigenvalue weighted by atomic mass is 16.5. The molecule has 2 aromatic rings. The van der Waals surface area contributed by atoms with Crippen LogP contribution in [0.1, 0.15) is 67.1 Å². The quantitative estimate of drug-likeness (QED) is 0.549. The molecule has 0 radical (unpaired) electrons. The van der Waals surface area contributed by atoms with Crippen molar-refractivity contribution in [3.8, 4) is 5.75 Å². The molecule has 0 saturated carbocycles. The molecule has 2 aromatic carbocycles. The first kappa shape index (κ1) is 19.7. The van der Waals surface area contributed by atoms with Crippen molar-refractivity contribution in [3.05, 3.63) is 64.7 Å². The molecule has 0 unspecified atom stereocenters. The van der Waals surface area contributed by atoms with Gasteiger partial charge in [-0.2, -0.15) is 5.10 Å². The summed E-state index contributed by atoms with van der Waals surface area (Å²) >= 11 is 0. The van der Waals surface area contributed by atoms with E-state index in [2.05, 4.69) is 49.5 Å². The lowest BCUT2D eigenvalue weighted by Crippen LogP contribution is -2.18. The van der Waals surface area contributed by atoms with Crippen LogP contribution in [0.5, 0.6) is 5.75 Å². The second kappa shape index (κ2) is 9.18. The summed E-state index contributed by atoms with van der Waals surface area (Å²) in [5.41, 5.74) is 7.45. The van der Waals surface area contributed by atoms with Gasteiger partial charge in [-0.15, -0.1) is 0 Å². The van der Waals surface area contributed by atoms with Crippen LogP contribution in [0.25, 0.3) is 0 Å². The zero-order valence-corrected chi connectivity index (χ0v) is 16.3. The third-order valence-corrected chi connectivity index (χ3v) is 4.26. The van der Waals surface area contributed by atoms with Gasteiger partial charge in [0.25, 0.3) is 5.91 Å². The van der Waals surface area contributed by atoms with Gasteiger partial charge in [0.15, 0.2) is 0 Å². The van der Waals surface area contributed by atoms with E-state index in [1.165, 1.54) is 11.1 Å². The van der Waals surface area contributed by atoms with E-state index in [4.69, 9.17) is 4.74 Å². The van der Waals surface area contributed by atoms with E-state index < -0.39 is 0 Å². The monoisotopic (exact) mass is 352 g/mol. The highest BCUT2D eigenvalue weighted by Crippen LogP contribution is 2.28. The lowest BCUT2D eigenvalue weighted by Gasteiger charge is -2.15. The van der Waals surface area contributed by atoms with Crippen LogP contribution in [0.2, 0.25) is 0 Å². The predicted molar refractivity (Wildman–Crippen MR) is 107 cm³/mol. The predicted octanol–water partition coefficient (Wildman–Crippen LogP) is 5.21. The average Bonchev–Trinajstić information content (AvgIpc) is 2.64. The van der Waals surface area contributed by atoms with Gasteiger partial charge in [-0.3, -0.25) is 4.79 Å². The van der Waals surface area contributed by atoms with Crippen LogP contribution in [0.3, 0.4) is 0 Å². The summed E-state index contributed by atoms with van der Waals surface area (Å²) in [6.07, 6.45) is 0.813. The second-order valence-electron chi connectivity index (χ2n) is 6.82. The molecule has 0 atom stereocenters. The molecule has 1 N–H and O–H groups in total. The van der Waals surface area contributed by atoms with Gasteiger partial charge < -0.3 is 4.74 Å². The number of rotatable bonds is 7. The van der Waals surface area contributed by atoms with Gasteiger partial charge in [0.05, 0.1) is 0 Å². The van der Waals surface area contributed by atoms with Crippen LogP contribution >= 0.6 is 0 Å². The van der Waals surface area contributed by atoms with E-state index in [-0.39, 0.29) is 5.91 Å². The lowest BCUT2D eigenvalue weighted by atomic mass is 10.0. The number of carbonyl (C=O) groups excluding carboxylic acids is 1. The van der Waals surface area contributed by atoms with Gasteiger partial charge >= 0.3 is 0 Å². The van der Waals surface area contributed by atoms with Crippen LogP contribution < -0.4 is 10.2 Å². The molecule has 0 spiro atoms. The Bertz CT molecular complexity index is 777. The molecule has 26 heavy (non-hydrogen) atoms. The Hall–Kier alpha value is -2.62. The third-order valence-electron chi connectivity index (χ3n) is 4.26. The number of carbonyl (C=O) groups is 1. The minimum Gasteiger partial charge on any atom is -0.489 e. The molecular formula is C22H28N2O2. The number of aryl methyl sites for hydroxylation is 1. The maximum atomic E-state index is 12.1. The molecule has 0 aliphatic heterocycles. The smallest absolute Gasteiger partial charge is 0.271 e. The van der Waals surface area contributed by atoms with Crippen LogP contribution in [0.15, 0.2) is 47.6 Å². The summed E-state index contributed by atoms with van der Waals surface area (Å²) in [7, 11) is 0. The number of nitrogens with one attached hydrogen (secondary N) is 1. The van der Waals surface area contributed by atoms with Crippen molar-refractivity contribution >= 4 is 11.6 Å². The van der Waals surface area contributed by atoms with Crippen LogP contribution in [0, 0.1) is 6.92 Å². The number of amides is 1. The average molecular weight is 352 g/mol. The fraction of sp³-hybridized carbons (Fsp3) is 0.364. The van der Waals surface area contributed by atoms with E-state index in [9.17, 15) is 4.79 Å². The standard InChI is InChI=1S/C22H28N2O2/c1-6-17(5)23-24-22(25)19-10-8-18(9-11-19)14-26-21-13-16(4)7-12-20(21)15(2)3/h7-13,15H,6,14H2,1-5H3,(H,24,25). The number of nitrogens with zero attached hydrogens (tertiary/aromatic N) is 1. The highest BCUT2D eigenvalue weighted by molar-refractivity contribution is 5.95. The van der Waals surface area contributed by atoms with Gasteiger partial charge in [0.1, 0.15) is 12.4 Å². The summed E-state index contributed by atoms with van der Waals surface area (Å²) in [4.78, 5) is 12.1. The van der Waals surface area contributed by atoms with Gasteiger partial charge in [0, 0.05) is 11.3 Å². The van der Waals surface area contributed by atoms with E-state index in [0.717, 1.165) is 23.4 Å². The first-order chi connectivity index (χ1) is 12.4. The molecule has 4 nitrogen and oxygen atoms in total. The summed E-state index contributed by atoms with van der Waals surface area (Å²) < 4.78 is 6.04. The molecule has 0 heterocycles. The second-order valence-corrected chi connectivity index (χ2v) is 6.82. The Labute approximate surface area is 156 Å². The number of ether oxygens (including phenoxy) is 1. The fourth-order valence-electron chi connectivity index (χ4n) is 2.45. The van der Waals surface area contributed by atoms with Crippen molar-refractivity contribution in [1.29, 1.82) is 0 Å². The Morgan fingerprint density at radius 3 is 2.46 bits per heavy atom. The van der Waals surface area contributed by atoms with E-state index in [1.807, 2.05) is 26.0 Å². The zero-order chi connectivity index (χ0) is 19.1. The molecule has 138 valence electrons. The molecule has 2 rings (SSSR count). The first-order valence-corrected chi connectivity index (χ1v) is 9.06. The van der Waals surface area contributed by atoms with Crippen LogP contribution in [-0.2, 0) is 6.61 Å². The van der Waals surface area contributed by atoms with Crippen molar-refractivity contribution in [2.45, 2.75) is 53.6 Å². The molecule has 0 fully saturated rings.